The number of benzene rings is 6. The fraction of sp³-hybridized carbons (Fsp3) is 0.0870. The number of rotatable bonds is 4. The summed E-state index contributed by atoms with van der Waals surface area (Å²) in [5.41, 5.74) is 13.4. The SMILES string of the molecule is Cc1nc(-c2c(C)cc(C#N)cc2C)c2nc(C)n(-c3cc(-n4c5ccccc5c5ccccc54)cc(-n4c5ccccc5c5ccccc54)c3)c2n1. The summed E-state index contributed by atoms with van der Waals surface area (Å²) in [6.45, 7) is 8.03. The summed E-state index contributed by atoms with van der Waals surface area (Å²) in [7, 11) is 0. The third kappa shape index (κ3) is 4.56. The van der Waals surface area contributed by atoms with E-state index in [1.807, 2.05) is 39.8 Å². The van der Waals surface area contributed by atoms with Crippen LogP contribution in [0.25, 0.3) is 83.1 Å². The summed E-state index contributed by atoms with van der Waals surface area (Å²) >= 11 is 0. The first kappa shape index (κ1) is 30.8. The second-order valence-electron chi connectivity index (χ2n) is 13.8. The van der Waals surface area contributed by atoms with Crippen LogP contribution in [0.4, 0.5) is 0 Å². The summed E-state index contributed by atoms with van der Waals surface area (Å²) in [6.07, 6.45) is 0. The lowest BCUT2D eigenvalue weighted by molar-refractivity contribution is 0.968. The second kappa shape index (κ2) is 11.5. The molecule has 0 spiro atoms. The molecule has 0 aliphatic heterocycles. The monoisotopic (exact) mass is 683 g/mol. The first-order valence-corrected chi connectivity index (χ1v) is 17.8. The number of para-hydroxylation sites is 4. The maximum atomic E-state index is 9.65. The molecule has 53 heavy (non-hydrogen) atoms. The van der Waals surface area contributed by atoms with E-state index in [-0.39, 0.29) is 0 Å². The molecule has 0 unspecified atom stereocenters. The molecule has 7 nitrogen and oxygen atoms in total. The van der Waals surface area contributed by atoms with Gasteiger partial charge in [-0.25, -0.2) is 15.0 Å². The van der Waals surface area contributed by atoms with Gasteiger partial charge in [-0.3, -0.25) is 4.57 Å². The number of aryl methyl sites for hydroxylation is 4. The van der Waals surface area contributed by atoms with Gasteiger partial charge < -0.3 is 9.13 Å². The van der Waals surface area contributed by atoms with E-state index in [1.165, 1.54) is 21.5 Å². The van der Waals surface area contributed by atoms with Gasteiger partial charge in [-0.05, 0) is 93.4 Å². The molecule has 0 atom stereocenters. The van der Waals surface area contributed by atoms with E-state index in [9.17, 15) is 5.26 Å². The normalized spacial score (nSPS) is 11.8. The lowest BCUT2D eigenvalue weighted by Gasteiger charge is -2.17. The van der Waals surface area contributed by atoms with Crippen molar-refractivity contribution in [3.8, 4) is 34.4 Å². The van der Waals surface area contributed by atoms with Crippen LogP contribution in [0.2, 0.25) is 0 Å². The summed E-state index contributed by atoms with van der Waals surface area (Å²) in [4.78, 5) is 15.2. The minimum Gasteiger partial charge on any atom is -0.309 e. The van der Waals surface area contributed by atoms with E-state index >= 15 is 0 Å². The molecule has 0 saturated carbocycles. The number of nitriles is 1. The van der Waals surface area contributed by atoms with Crippen molar-refractivity contribution < 1.29 is 0 Å². The van der Waals surface area contributed by atoms with Gasteiger partial charge in [0, 0.05) is 27.1 Å². The van der Waals surface area contributed by atoms with Crippen LogP contribution in [-0.2, 0) is 0 Å². The third-order valence-electron chi connectivity index (χ3n) is 10.5. The lowest BCUT2D eigenvalue weighted by atomic mass is 9.96. The quantitative estimate of drug-likeness (QED) is 0.185. The van der Waals surface area contributed by atoms with Crippen molar-refractivity contribution in [3.05, 3.63) is 156 Å². The van der Waals surface area contributed by atoms with Gasteiger partial charge in [0.25, 0.3) is 0 Å². The van der Waals surface area contributed by atoms with Gasteiger partial charge in [0.05, 0.1) is 50.8 Å². The topological polar surface area (TPSA) is 77.2 Å². The molecule has 4 heterocycles. The van der Waals surface area contributed by atoms with Gasteiger partial charge in [0.2, 0.25) is 0 Å². The minimum absolute atomic E-state index is 0.631. The number of hydrogen-bond donors (Lipinski definition) is 0. The van der Waals surface area contributed by atoms with Crippen LogP contribution in [0.5, 0.6) is 0 Å². The van der Waals surface area contributed by atoms with Gasteiger partial charge in [0.1, 0.15) is 22.9 Å². The Hall–Kier alpha value is -7.04. The van der Waals surface area contributed by atoms with Gasteiger partial charge in [-0.1, -0.05) is 72.8 Å². The molecule has 252 valence electrons. The van der Waals surface area contributed by atoms with Gasteiger partial charge in [-0.15, -0.1) is 0 Å². The highest BCUT2D eigenvalue weighted by atomic mass is 15.2. The lowest BCUT2D eigenvalue weighted by Crippen LogP contribution is -2.05. The molecular formula is C46H33N7. The maximum absolute atomic E-state index is 9.65. The van der Waals surface area contributed by atoms with Gasteiger partial charge >= 0.3 is 0 Å². The zero-order valence-electron chi connectivity index (χ0n) is 29.8. The number of nitrogens with zero attached hydrogens (tertiary/aromatic N) is 7. The largest absolute Gasteiger partial charge is 0.309 e. The Morgan fingerprint density at radius 1 is 0.491 bits per heavy atom. The highest BCUT2D eigenvalue weighted by molar-refractivity contribution is 6.10. The Morgan fingerprint density at radius 2 is 0.906 bits per heavy atom. The average molecular weight is 684 g/mol. The molecule has 0 N–H and O–H groups in total. The van der Waals surface area contributed by atoms with E-state index in [0.29, 0.717) is 11.4 Å². The molecule has 0 aliphatic rings. The first-order chi connectivity index (χ1) is 25.9. The fourth-order valence-corrected chi connectivity index (χ4v) is 8.43. The summed E-state index contributed by atoms with van der Waals surface area (Å²) in [6, 6.07) is 47.4. The summed E-state index contributed by atoms with van der Waals surface area (Å²) < 4.78 is 6.90. The van der Waals surface area contributed by atoms with Crippen LogP contribution in [0.15, 0.2) is 127 Å². The molecule has 0 saturated heterocycles. The fourth-order valence-electron chi connectivity index (χ4n) is 8.43. The maximum Gasteiger partial charge on any atom is 0.168 e. The van der Waals surface area contributed by atoms with E-state index in [0.717, 1.165) is 78.5 Å². The zero-order chi connectivity index (χ0) is 36.0. The van der Waals surface area contributed by atoms with E-state index < -0.39 is 0 Å². The zero-order valence-corrected chi connectivity index (χ0v) is 29.8. The van der Waals surface area contributed by atoms with Crippen molar-refractivity contribution in [3.63, 3.8) is 0 Å². The molecule has 0 fully saturated rings. The second-order valence-corrected chi connectivity index (χ2v) is 13.8. The third-order valence-corrected chi connectivity index (χ3v) is 10.5. The van der Waals surface area contributed by atoms with Crippen LogP contribution in [0, 0.1) is 39.0 Å². The van der Waals surface area contributed by atoms with Crippen molar-refractivity contribution in [1.82, 2.24) is 28.7 Å². The van der Waals surface area contributed by atoms with Gasteiger partial charge in [0.15, 0.2) is 5.65 Å². The Balaban J connectivity index is 1.32. The van der Waals surface area contributed by atoms with Gasteiger partial charge in [-0.2, -0.15) is 5.26 Å². The van der Waals surface area contributed by atoms with E-state index in [1.54, 1.807) is 0 Å². The van der Waals surface area contributed by atoms with Crippen molar-refractivity contribution in [2.75, 3.05) is 0 Å². The summed E-state index contributed by atoms with van der Waals surface area (Å²) in [5, 5.41) is 14.5. The summed E-state index contributed by atoms with van der Waals surface area (Å²) in [5.74, 6) is 1.45. The predicted octanol–water partition coefficient (Wildman–Crippen LogP) is 10.8. The minimum atomic E-state index is 0.631. The van der Waals surface area contributed by atoms with Crippen LogP contribution < -0.4 is 0 Å². The molecule has 0 aliphatic carbocycles. The Bertz CT molecular complexity index is 2920. The van der Waals surface area contributed by atoms with Crippen molar-refractivity contribution in [1.29, 1.82) is 5.26 Å². The number of fused-ring (bicyclic) bond motifs is 7. The standard InChI is InChI=1S/C46H33N7/c1-27-21-31(26-47)22-28(2)43(27)44-45-46(49-29(3)48-44)51(30(4)50-45)32-23-33(52-39-17-9-5-13-35(39)36-14-6-10-18-40(36)52)25-34(24-32)53-41-19-11-7-15-37(41)38-16-8-12-20-42(38)53/h5-25H,1-4H3. The van der Waals surface area contributed by atoms with Crippen molar-refractivity contribution in [2.45, 2.75) is 27.7 Å². The van der Waals surface area contributed by atoms with Crippen molar-refractivity contribution >= 4 is 54.8 Å². The first-order valence-electron chi connectivity index (χ1n) is 17.8. The molecule has 7 heteroatoms. The number of imidazole rings is 1. The Morgan fingerprint density at radius 3 is 1.34 bits per heavy atom. The molecule has 0 amide bonds. The number of aromatic nitrogens is 6. The average Bonchev–Trinajstić information content (AvgIpc) is 3.81. The molecule has 0 bridgehead atoms. The molecule has 6 aromatic carbocycles. The molecule has 4 aromatic heterocycles. The van der Waals surface area contributed by atoms with Crippen LogP contribution in [0.1, 0.15) is 28.3 Å². The molecule has 10 aromatic rings. The predicted molar refractivity (Wildman–Crippen MR) is 214 cm³/mol. The number of hydrogen-bond acceptors (Lipinski definition) is 4. The molecule has 0 radical (unpaired) electrons. The van der Waals surface area contributed by atoms with E-state index in [2.05, 4.69) is 135 Å². The Labute approximate surface area is 305 Å². The van der Waals surface area contributed by atoms with Crippen LogP contribution in [0.3, 0.4) is 0 Å². The highest BCUT2D eigenvalue weighted by Gasteiger charge is 2.23. The molecule has 10 rings (SSSR count). The smallest absolute Gasteiger partial charge is 0.168 e. The molecular weight excluding hydrogens is 651 g/mol. The van der Waals surface area contributed by atoms with Crippen molar-refractivity contribution in [2.24, 2.45) is 0 Å². The van der Waals surface area contributed by atoms with Crippen LogP contribution in [-0.4, -0.2) is 28.7 Å². The van der Waals surface area contributed by atoms with E-state index in [4.69, 9.17) is 15.0 Å². The Kier molecular flexibility index (Phi) is 6.67. The van der Waals surface area contributed by atoms with Crippen LogP contribution >= 0.6 is 0 Å². The highest BCUT2D eigenvalue weighted by Crippen LogP contribution is 2.38.